The van der Waals surface area contributed by atoms with Crippen molar-refractivity contribution in [2.45, 2.75) is 18.7 Å². The molecule has 0 atom stereocenters. The van der Waals surface area contributed by atoms with Crippen molar-refractivity contribution in [2.24, 2.45) is 5.92 Å². The topological polar surface area (TPSA) is 107 Å². The number of hydrogen-bond acceptors (Lipinski definition) is 5. The van der Waals surface area contributed by atoms with Crippen molar-refractivity contribution >= 4 is 21.4 Å². The fraction of sp³-hybridized carbons (Fsp3) is 0.455. The predicted octanol–water partition coefficient (Wildman–Crippen LogP) is 1.59. The van der Waals surface area contributed by atoms with E-state index in [1.807, 2.05) is 13.8 Å². The Kier molecular flexibility index (Phi) is 4.66. The van der Waals surface area contributed by atoms with Crippen LogP contribution in [-0.4, -0.2) is 31.2 Å². The molecule has 1 aromatic rings. The molecule has 0 unspecified atom stereocenters. The molecule has 0 aromatic heterocycles. The van der Waals surface area contributed by atoms with Gasteiger partial charge in [-0.2, -0.15) is 0 Å². The molecule has 0 amide bonds. The number of nitro benzene ring substituents is 1. The third kappa shape index (κ3) is 3.23. The minimum Gasteiger partial charge on any atom is -0.397 e. The Bertz CT molecular complexity index is 608. The van der Waals surface area contributed by atoms with Crippen molar-refractivity contribution < 1.29 is 17.7 Å². The average molecular weight is 305 g/mol. The van der Waals surface area contributed by atoms with Crippen molar-refractivity contribution in [1.82, 2.24) is 4.31 Å². The molecule has 0 aliphatic rings. The SMILES string of the molecule is CC(C)CN(C)S(=O)(=O)c1c(N)cc([N+](=O)[O-])cc1F. The zero-order valence-electron chi connectivity index (χ0n) is 11.3. The van der Waals surface area contributed by atoms with E-state index in [2.05, 4.69) is 0 Å². The van der Waals surface area contributed by atoms with Gasteiger partial charge in [0.1, 0.15) is 4.90 Å². The largest absolute Gasteiger partial charge is 0.397 e. The summed E-state index contributed by atoms with van der Waals surface area (Å²) >= 11 is 0. The van der Waals surface area contributed by atoms with E-state index >= 15 is 0 Å². The first-order valence-corrected chi connectivity index (χ1v) is 7.21. The van der Waals surface area contributed by atoms with E-state index in [9.17, 15) is 22.9 Å². The second-order valence-corrected chi connectivity index (χ2v) is 6.76. The number of nitrogen functional groups attached to an aromatic ring is 1. The van der Waals surface area contributed by atoms with Gasteiger partial charge in [-0.25, -0.2) is 17.1 Å². The number of rotatable bonds is 5. The van der Waals surface area contributed by atoms with Gasteiger partial charge in [-0.3, -0.25) is 10.1 Å². The highest BCUT2D eigenvalue weighted by atomic mass is 32.2. The van der Waals surface area contributed by atoms with Gasteiger partial charge in [-0.05, 0) is 5.92 Å². The molecule has 2 N–H and O–H groups in total. The Morgan fingerprint density at radius 1 is 1.45 bits per heavy atom. The van der Waals surface area contributed by atoms with E-state index in [0.717, 1.165) is 10.4 Å². The van der Waals surface area contributed by atoms with Gasteiger partial charge in [-0.15, -0.1) is 0 Å². The fourth-order valence-electron chi connectivity index (χ4n) is 1.75. The smallest absolute Gasteiger partial charge is 0.274 e. The Labute approximate surface area is 116 Å². The maximum Gasteiger partial charge on any atom is 0.274 e. The van der Waals surface area contributed by atoms with E-state index in [-0.39, 0.29) is 12.5 Å². The number of halogens is 1. The zero-order valence-corrected chi connectivity index (χ0v) is 12.1. The van der Waals surface area contributed by atoms with Crippen molar-refractivity contribution in [3.8, 4) is 0 Å². The Balaban J connectivity index is 3.36. The zero-order chi connectivity index (χ0) is 15.7. The highest BCUT2D eigenvalue weighted by Crippen LogP contribution is 2.29. The molecule has 0 aliphatic heterocycles. The molecular weight excluding hydrogens is 289 g/mol. The predicted molar refractivity (Wildman–Crippen MR) is 72.1 cm³/mol. The van der Waals surface area contributed by atoms with Gasteiger partial charge in [0.15, 0.2) is 5.82 Å². The summed E-state index contributed by atoms with van der Waals surface area (Å²) in [6.07, 6.45) is 0. The molecule has 0 bridgehead atoms. The minimum atomic E-state index is -4.13. The molecule has 112 valence electrons. The van der Waals surface area contributed by atoms with Gasteiger partial charge in [-0.1, -0.05) is 13.8 Å². The van der Waals surface area contributed by atoms with E-state index < -0.39 is 37.0 Å². The highest BCUT2D eigenvalue weighted by molar-refractivity contribution is 7.89. The molecule has 1 rings (SSSR count). The molecule has 0 saturated carbocycles. The number of sulfonamides is 1. The van der Waals surface area contributed by atoms with E-state index in [0.29, 0.717) is 6.07 Å². The van der Waals surface area contributed by atoms with Crippen LogP contribution < -0.4 is 5.73 Å². The Hall–Kier alpha value is -1.74. The second-order valence-electron chi connectivity index (χ2n) is 4.78. The fourth-order valence-corrected chi connectivity index (χ4v) is 3.21. The molecule has 0 spiro atoms. The molecular formula is C11H16FN3O4S. The number of non-ortho nitro benzene ring substituents is 1. The van der Waals surface area contributed by atoms with Crippen LogP contribution in [0.3, 0.4) is 0 Å². The van der Waals surface area contributed by atoms with Crippen LogP contribution in [0, 0.1) is 21.8 Å². The van der Waals surface area contributed by atoms with Crippen LogP contribution in [0.25, 0.3) is 0 Å². The van der Waals surface area contributed by atoms with Crippen LogP contribution in [0.4, 0.5) is 15.8 Å². The third-order valence-corrected chi connectivity index (χ3v) is 4.47. The molecule has 0 aliphatic carbocycles. The van der Waals surface area contributed by atoms with E-state index in [1.54, 1.807) is 0 Å². The third-order valence-electron chi connectivity index (χ3n) is 2.56. The van der Waals surface area contributed by atoms with Crippen molar-refractivity contribution in [2.75, 3.05) is 19.3 Å². The Morgan fingerprint density at radius 2 is 2.00 bits per heavy atom. The normalized spacial score (nSPS) is 12.1. The lowest BCUT2D eigenvalue weighted by atomic mass is 10.2. The second kappa shape index (κ2) is 5.71. The molecule has 7 nitrogen and oxygen atoms in total. The summed E-state index contributed by atoms with van der Waals surface area (Å²) < 4.78 is 39.3. The van der Waals surface area contributed by atoms with Crippen LogP contribution in [0.1, 0.15) is 13.8 Å². The average Bonchev–Trinajstić information content (AvgIpc) is 2.26. The first-order valence-electron chi connectivity index (χ1n) is 5.77. The summed E-state index contributed by atoms with van der Waals surface area (Å²) in [5.74, 6) is -1.19. The lowest BCUT2D eigenvalue weighted by molar-refractivity contribution is -0.385. The molecule has 0 fully saturated rings. The number of hydrogen-bond donors (Lipinski definition) is 1. The van der Waals surface area contributed by atoms with Gasteiger partial charge in [0.05, 0.1) is 16.7 Å². The lowest BCUT2D eigenvalue weighted by Crippen LogP contribution is -2.31. The number of nitro groups is 1. The molecule has 0 heterocycles. The number of nitrogens with two attached hydrogens (primary N) is 1. The lowest BCUT2D eigenvalue weighted by Gasteiger charge is -2.20. The van der Waals surface area contributed by atoms with Crippen LogP contribution in [0.5, 0.6) is 0 Å². The summed E-state index contributed by atoms with van der Waals surface area (Å²) in [5, 5.41) is 10.6. The van der Waals surface area contributed by atoms with Gasteiger partial charge in [0.25, 0.3) is 5.69 Å². The van der Waals surface area contributed by atoms with E-state index in [4.69, 9.17) is 5.73 Å². The summed E-state index contributed by atoms with van der Waals surface area (Å²) in [6.45, 7) is 3.79. The van der Waals surface area contributed by atoms with Gasteiger partial charge < -0.3 is 5.73 Å². The van der Waals surface area contributed by atoms with Crippen LogP contribution in [0.15, 0.2) is 17.0 Å². The Morgan fingerprint density at radius 3 is 2.40 bits per heavy atom. The van der Waals surface area contributed by atoms with Crippen molar-refractivity contribution in [3.05, 3.63) is 28.1 Å². The first-order chi connectivity index (χ1) is 9.07. The van der Waals surface area contributed by atoms with Crippen LogP contribution >= 0.6 is 0 Å². The van der Waals surface area contributed by atoms with Crippen LogP contribution in [0.2, 0.25) is 0 Å². The molecule has 0 saturated heterocycles. The standard InChI is InChI=1S/C11H16FN3O4S/c1-7(2)6-14(3)20(18,19)11-9(12)4-8(15(16)17)5-10(11)13/h4-5,7H,6,13H2,1-3H3. The quantitative estimate of drug-likeness (QED) is 0.505. The van der Waals surface area contributed by atoms with Gasteiger partial charge >= 0.3 is 0 Å². The maximum absolute atomic E-state index is 13.9. The number of nitrogens with zero attached hydrogens (tertiary/aromatic N) is 2. The maximum atomic E-state index is 13.9. The molecule has 20 heavy (non-hydrogen) atoms. The monoisotopic (exact) mass is 305 g/mol. The van der Waals surface area contributed by atoms with Gasteiger partial charge in [0.2, 0.25) is 10.0 Å². The van der Waals surface area contributed by atoms with Crippen LogP contribution in [-0.2, 0) is 10.0 Å². The first kappa shape index (κ1) is 16.3. The highest BCUT2D eigenvalue weighted by Gasteiger charge is 2.29. The summed E-state index contributed by atoms with van der Waals surface area (Å²) in [4.78, 5) is 9.00. The molecule has 1 aromatic carbocycles. The van der Waals surface area contributed by atoms with Gasteiger partial charge in [0, 0.05) is 19.7 Å². The van der Waals surface area contributed by atoms with E-state index in [1.165, 1.54) is 7.05 Å². The minimum absolute atomic E-state index is 0.0390. The molecule has 0 radical (unpaired) electrons. The summed E-state index contributed by atoms with van der Waals surface area (Å²) in [7, 11) is -2.83. The number of benzene rings is 1. The van der Waals surface area contributed by atoms with Crippen molar-refractivity contribution in [3.63, 3.8) is 0 Å². The number of anilines is 1. The molecule has 9 heteroatoms. The van der Waals surface area contributed by atoms with Crippen molar-refractivity contribution in [1.29, 1.82) is 0 Å². The summed E-state index contributed by atoms with van der Waals surface area (Å²) in [6, 6.07) is 1.38. The summed E-state index contributed by atoms with van der Waals surface area (Å²) in [5.41, 5.74) is 4.39.